The molecule has 0 bridgehead atoms. The molecule has 0 aromatic carbocycles. The number of aromatic nitrogens is 2. The number of nitrogens with one attached hydrogen (secondary N) is 1. The monoisotopic (exact) mass is 263 g/mol. The van der Waals surface area contributed by atoms with Gasteiger partial charge in [0, 0.05) is 23.9 Å². The van der Waals surface area contributed by atoms with Crippen LogP contribution in [0, 0.1) is 5.41 Å². The van der Waals surface area contributed by atoms with Gasteiger partial charge in [-0.05, 0) is 30.0 Å². The fraction of sp³-hybridized carbons (Fsp3) is 0.250. The molecule has 0 saturated heterocycles. The number of aliphatic carboxylic acids is 1. The summed E-state index contributed by atoms with van der Waals surface area (Å²) in [5.41, 5.74) is 2.12. The molecule has 0 amide bonds. The Morgan fingerprint density at radius 2 is 2.28 bits per heavy atom. The van der Waals surface area contributed by atoms with Crippen LogP contribution in [0.4, 0.5) is 0 Å². The van der Waals surface area contributed by atoms with E-state index in [1.54, 1.807) is 23.5 Å². The summed E-state index contributed by atoms with van der Waals surface area (Å²) in [6.45, 7) is 0.448. The lowest BCUT2D eigenvalue weighted by molar-refractivity contribution is -0.137. The Labute approximate surface area is 108 Å². The summed E-state index contributed by atoms with van der Waals surface area (Å²) in [6.07, 6.45) is 0.572. The van der Waals surface area contributed by atoms with Crippen LogP contribution in [0.3, 0.4) is 0 Å². The van der Waals surface area contributed by atoms with Gasteiger partial charge in [0.05, 0.1) is 5.69 Å². The molecule has 0 aliphatic rings. The average Bonchev–Trinajstić information content (AvgIpc) is 2.84. The van der Waals surface area contributed by atoms with Gasteiger partial charge in [-0.2, -0.15) is 16.4 Å². The van der Waals surface area contributed by atoms with Gasteiger partial charge in [-0.15, -0.1) is 0 Å². The third-order valence-electron chi connectivity index (χ3n) is 2.48. The molecule has 6 heteroatoms. The summed E-state index contributed by atoms with van der Waals surface area (Å²) in [5, 5.41) is 24.6. The SMILES string of the molecule is N=c1ccc(-c2ccsc2)nn1CCCC(=O)O. The van der Waals surface area contributed by atoms with Gasteiger partial charge in [0.1, 0.15) is 5.49 Å². The van der Waals surface area contributed by atoms with Crippen molar-refractivity contribution in [3.8, 4) is 11.3 Å². The largest absolute Gasteiger partial charge is 0.481 e. The van der Waals surface area contributed by atoms with Crippen molar-refractivity contribution >= 4 is 17.3 Å². The van der Waals surface area contributed by atoms with Crippen LogP contribution in [0.1, 0.15) is 12.8 Å². The Morgan fingerprint density at radius 3 is 2.94 bits per heavy atom. The molecular weight excluding hydrogens is 250 g/mol. The molecule has 94 valence electrons. The normalized spacial score (nSPS) is 10.4. The van der Waals surface area contributed by atoms with Crippen LogP contribution in [0.15, 0.2) is 29.0 Å². The quantitative estimate of drug-likeness (QED) is 0.865. The first-order valence-electron chi connectivity index (χ1n) is 5.54. The zero-order chi connectivity index (χ0) is 13.0. The molecule has 2 N–H and O–H groups in total. The molecule has 2 aromatic rings. The minimum atomic E-state index is -0.823. The van der Waals surface area contributed by atoms with Crippen molar-refractivity contribution in [1.82, 2.24) is 9.78 Å². The lowest BCUT2D eigenvalue weighted by atomic mass is 10.2. The highest BCUT2D eigenvalue weighted by Crippen LogP contribution is 2.18. The first-order valence-corrected chi connectivity index (χ1v) is 6.48. The van der Waals surface area contributed by atoms with Gasteiger partial charge in [0.2, 0.25) is 0 Å². The van der Waals surface area contributed by atoms with Crippen LogP contribution < -0.4 is 5.49 Å². The highest BCUT2D eigenvalue weighted by atomic mass is 32.1. The van der Waals surface area contributed by atoms with Gasteiger partial charge in [0.25, 0.3) is 0 Å². The second-order valence-electron chi connectivity index (χ2n) is 3.84. The van der Waals surface area contributed by atoms with Crippen LogP contribution >= 0.6 is 11.3 Å². The predicted octanol–water partition coefficient (Wildman–Crippen LogP) is 1.96. The number of nitrogens with zero attached hydrogens (tertiary/aromatic N) is 2. The lowest BCUT2D eigenvalue weighted by Gasteiger charge is -2.06. The van der Waals surface area contributed by atoms with Gasteiger partial charge in [-0.25, -0.2) is 4.68 Å². The summed E-state index contributed by atoms with van der Waals surface area (Å²) in [5.74, 6) is -0.823. The summed E-state index contributed by atoms with van der Waals surface area (Å²) < 4.78 is 1.54. The summed E-state index contributed by atoms with van der Waals surface area (Å²) in [4.78, 5) is 10.5. The van der Waals surface area contributed by atoms with E-state index in [0.717, 1.165) is 11.3 Å². The number of carbonyl (C=O) groups is 1. The number of hydrogen-bond donors (Lipinski definition) is 2. The number of aryl methyl sites for hydroxylation is 1. The van der Waals surface area contributed by atoms with Crippen molar-refractivity contribution in [2.75, 3.05) is 0 Å². The Bertz CT molecular complexity index is 590. The van der Waals surface area contributed by atoms with E-state index in [0.29, 0.717) is 18.5 Å². The molecule has 0 fully saturated rings. The van der Waals surface area contributed by atoms with E-state index in [2.05, 4.69) is 5.10 Å². The Balaban J connectivity index is 2.17. The van der Waals surface area contributed by atoms with Gasteiger partial charge < -0.3 is 5.11 Å². The average molecular weight is 263 g/mol. The maximum Gasteiger partial charge on any atom is 0.303 e. The van der Waals surface area contributed by atoms with Crippen LogP contribution in [-0.2, 0) is 11.3 Å². The molecule has 0 aliphatic heterocycles. The molecule has 0 aliphatic carbocycles. The van der Waals surface area contributed by atoms with E-state index >= 15 is 0 Å². The number of rotatable bonds is 5. The van der Waals surface area contributed by atoms with E-state index < -0.39 is 5.97 Å². The maximum absolute atomic E-state index is 10.5. The molecule has 0 spiro atoms. The fourth-order valence-electron chi connectivity index (χ4n) is 1.58. The number of thiophene rings is 1. The van der Waals surface area contributed by atoms with E-state index in [1.807, 2.05) is 16.8 Å². The highest BCUT2D eigenvalue weighted by Gasteiger charge is 2.03. The fourth-order valence-corrected chi connectivity index (χ4v) is 2.23. The number of carboxylic acids is 1. The lowest BCUT2D eigenvalue weighted by Crippen LogP contribution is -2.22. The first-order chi connectivity index (χ1) is 8.66. The first kappa shape index (κ1) is 12.5. The van der Waals surface area contributed by atoms with Crippen molar-refractivity contribution in [2.45, 2.75) is 19.4 Å². The second-order valence-corrected chi connectivity index (χ2v) is 4.62. The summed E-state index contributed by atoms with van der Waals surface area (Å²) in [6, 6.07) is 5.46. The number of carboxylic acid groups (broad SMARTS) is 1. The van der Waals surface area contributed by atoms with Crippen molar-refractivity contribution in [1.29, 1.82) is 5.41 Å². The smallest absolute Gasteiger partial charge is 0.303 e. The minimum Gasteiger partial charge on any atom is -0.481 e. The Morgan fingerprint density at radius 1 is 1.44 bits per heavy atom. The molecule has 0 saturated carbocycles. The van der Waals surface area contributed by atoms with Crippen molar-refractivity contribution in [3.05, 3.63) is 34.4 Å². The van der Waals surface area contributed by atoms with Crippen LogP contribution in [0.2, 0.25) is 0 Å². The molecule has 0 radical (unpaired) electrons. The molecular formula is C12H13N3O2S. The van der Waals surface area contributed by atoms with E-state index in [1.165, 1.54) is 4.68 Å². The van der Waals surface area contributed by atoms with Gasteiger partial charge >= 0.3 is 5.97 Å². The maximum atomic E-state index is 10.5. The predicted molar refractivity (Wildman–Crippen MR) is 68.3 cm³/mol. The van der Waals surface area contributed by atoms with Crippen molar-refractivity contribution in [2.24, 2.45) is 0 Å². The third kappa shape index (κ3) is 3.04. The van der Waals surface area contributed by atoms with Gasteiger partial charge in [-0.1, -0.05) is 0 Å². The van der Waals surface area contributed by atoms with E-state index in [4.69, 9.17) is 10.5 Å². The second kappa shape index (κ2) is 5.59. The molecule has 2 rings (SSSR count). The van der Waals surface area contributed by atoms with Gasteiger partial charge in [-0.3, -0.25) is 10.2 Å². The molecule has 2 aromatic heterocycles. The van der Waals surface area contributed by atoms with E-state index in [9.17, 15) is 4.79 Å². The highest BCUT2D eigenvalue weighted by molar-refractivity contribution is 7.08. The molecule has 5 nitrogen and oxygen atoms in total. The van der Waals surface area contributed by atoms with Crippen LogP contribution in [-0.4, -0.2) is 20.9 Å². The van der Waals surface area contributed by atoms with Gasteiger partial charge in [0.15, 0.2) is 0 Å². The van der Waals surface area contributed by atoms with Crippen molar-refractivity contribution in [3.63, 3.8) is 0 Å². The Hall–Kier alpha value is -1.95. The minimum absolute atomic E-state index is 0.0940. The number of hydrogen-bond acceptors (Lipinski definition) is 4. The van der Waals surface area contributed by atoms with Crippen LogP contribution in [0.5, 0.6) is 0 Å². The molecule has 18 heavy (non-hydrogen) atoms. The third-order valence-corrected chi connectivity index (χ3v) is 3.17. The van der Waals surface area contributed by atoms with Crippen molar-refractivity contribution < 1.29 is 9.90 Å². The standard InChI is InChI=1S/C12H13N3O2S/c13-11-4-3-10(9-5-7-18-8-9)14-15(11)6-1-2-12(16)17/h3-5,7-8,13H,1-2,6H2,(H,16,17). The Kier molecular flexibility index (Phi) is 3.88. The zero-order valence-electron chi connectivity index (χ0n) is 9.67. The molecule has 0 unspecified atom stereocenters. The summed E-state index contributed by atoms with van der Waals surface area (Å²) in [7, 11) is 0. The molecule has 0 atom stereocenters. The van der Waals surface area contributed by atoms with Crippen LogP contribution in [0.25, 0.3) is 11.3 Å². The van der Waals surface area contributed by atoms with E-state index in [-0.39, 0.29) is 6.42 Å². The summed E-state index contributed by atoms with van der Waals surface area (Å²) >= 11 is 1.59. The molecule has 2 heterocycles. The topological polar surface area (TPSA) is 79.0 Å². The zero-order valence-corrected chi connectivity index (χ0v) is 10.5.